The summed E-state index contributed by atoms with van der Waals surface area (Å²) in [6, 6.07) is 5.78. The van der Waals surface area contributed by atoms with Crippen molar-refractivity contribution in [1.82, 2.24) is 10.1 Å². The van der Waals surface area contributed by atoms with Crippen molar-refractivity contribution in [3.8, 4) is 11.5 Å². The molecule has 2 rings (SSSR count). The summed E-state index contributed by atoms with van der Waals surface area (Å²) < 4.78 is 7.33. The number of nitrogens with zero attached hydrogens (tertiary/aromatic N) is 2. The molecule has 96 valence electrons. The van der Waals surface area contributed by atoms with Gasteiger partial charge in [-0.3, -0.25) is 0 Å². The Morgan fingerprint density at radius 2 is 2.28 bits per heavy atom. The molecular weight excluding hydrogens is 409 g/mol. The van der Waals surface area contributed by atoms with E-state index in [0.29, 0.717) is 11.7 Å². The first-order chi connectivity index (χ1) is 8.61. The smallest absolute Gasteiger partial charge is 0.259 e. The van der Waals surface area contributed by atoms with Crippen LogP contribution in [0.15, 0.2) is 27.2 Å². The predicted octanol–water partition coefficient (Wildman–Crippen LogP) is 3.90. The zero-order valence-electron chi connectivity index (χ0n) is 9.86. The molecule has 0 bridgehead atoms. The molecule has 0 radical (unpaired) electrons. The highest BCUT2D eigenvalue weighted by molar-refractivity contribution is 14.1. The lowest BCUT2D eigenvalue weighted by atomic mass is 10.2. The first-order valence-electron chi connectivity index (χ1n) is 5.66. The van der Waals surface area contributed by atoms with Gasteiger partial charge in [-0.2, -0.15) is 4.98 Å². The minimum Gasteiger partial charge on any atom is -0.334 e. The molecular formula is C12H13BrIN3O. The Morgan fingerprint density at radius 1 is 1.50 bits per heavy atom. The van der Waals surface area contributed by atoms with Crippen LogP contribution in [0, 0.1) is 3.57 Å². The Morgan fingerprint density at radius 3 is 3.00 bits per heavy atom. The molecule has 4 nitrogen and oxygen atoms in total. The van der Waals surface area contributed by atoms with Crippen LogP contribution in [0.2, 0.25) is 0 Å². The fourth-order valence-electron chi connectivity index (χ4n) is 1.60. The molecule has 6 heteroatoms. The number of rotatable bonds is 4. The standard InChI is InChI=1S/C12H13BrIN3O/c1-2-3-10(15)11-16-12(18-17-11)8-6-7(13)4-5-9(8)14/h4-6,10H,2-3,15H2,1H3. The van der Waals surface area contributed by atoms with E-state index >= 15 is 0 Å². The molecule has 2 aromatic rings. The molecule has 0 amide bonds. The summed E-state index contributed by atoms with van der Waals surface area (Å²) in [5.74, 6) is 1.09. The molecule has 18 heavy (non-hydrogen) atoms. The van der Waals surface area contributed by atoms with Gasteiger partial charge in [-0.15, -0.1) is 0 Å². The third-order valence-corrected chi connectivity index (χ3v) is 3.97. The molecule has 0 aliphatic carbocycles. The second-order valence-electron chi connectivity index (χ2n) is 3.98. The second-order valence-corrected chi connectivity index (χ2v) is 6.05. The van der Waals surface area contributed by atoms with Gasteiger partial charge in [0.05, 0.1) is 11.6 Å². The molecule has 1 aromatic heterocycles. The SMILES string of the molecule is CCCC(N)c1noc(-c2cc(Br)ccc2I)n1. The van der Waals surface area contributed by atoms with Gasteiger partial charge in [-0.1, -0.05) is 34.4 Å². The first kappa shape index (κ1) is 14.0. The molecule has 0 fully saturated rings. The van der Waals surface area contributed by atoms with Crippen molar-refractivity contribution in [2.45, 2.75) is 25.8 Å². The van der Waals surface area contributed by atoms with E-state index in [2.05, 4.69) is 55.6 Å². The van der Waals surface area contributed by atoms with Crippen LogP contribution in [0.5, 0.6) is 0 Å². The summed E-state index contributed by atoms with van der Waals surface area (Å²) in [5.41, 5.74) is 6.89. The van der Waals surface area contributed by atoms with E-state index in [9.17, 15) is 0 Å². The molecule has 2 N–H and O–H groups in total. The lowest BCUT2D eigenvalue weighted by molar-refractivity contribution is 0.413. The molecule has 1 aromatic carbocycles. The van der Waals surface area contributed by atoms with Crippen molar-refractivity contribution in [2.24, 2.45) is 5.73 Å². The number of aromatic nitrogens is 2. The number of halogens is 2. The van der Waals surface area contributed by atoms with Crippen molar-refractivity contribution >= 4 is 38.5 Å². The highest BCUT2D eigenvalue weighted by Crippen LogP contribution is 2.28. The van der Waals surface area contributed by atoms with Crippen LogP contribution in [-0.4, -0.2) is 10.1 Å². The molecule has 0 spiro atoms. The summed E-state index contributed by atoms with van der Waals surface area (Å²) in [5, 5.41) is 3.95. The third-order valence-electron chi connectivity index (χ3n) is 2.53. The van der Waals surface area contributed by atoms with E-state index in [0.717, 1.165) is 26.4 Å². The van der Waals surface area contributed by atoms with Crippen LogP contribution in [0.4, 0.5) is 0 Å². The summed E-state index contributed by atoms with van der Waals surface area (Å²) >= 11 is 5.68. The molecule has 1 unspecified atom stereocenters. The zero-order chi connectivity index (χ0) is 13.1. The average Bonchev–Trinajstić information content (AvgIpc) is 2.82. The number of hydrogen-bond donors (Lipinski definition) is 1. The average molecular weight is 422 g/mol. The molecule has 1 atom stereocenters. The second kappa shape index (κ2) is 6.12. The maximum Gasteiger partial charge on any atom is 0.259 e. The minimum atomic E-state index is -0.155. The van der Waals surface area contributed by atoms with Crippen molar-refractivity contribution in [2.75, 3.05) is 0 Å². The van der Waals surface area contributed by atoms with Crippen LogP contribution in [-0.2, 0) is 0 Å². The third kappa shape index (κ3) is 3.10. The van der Waals surface area contributed by atoms with E-state index in [4.69, 9.17) is 10.3 Å². The van der Waals surface area contributed by atoms with Crippen LogP contribution in [0.25, 0.3) is 11.5 Å². The highest BCUT2D eigenvalue weighted by atomic mass is 127. The molecule has 0 saturated heterocycles. The fourth-order valence-corrected chi connectivity index (χ4v) is 2.52. The van der Waals surface area contributed by atoms with E-state index in [-0.39, 0.29) is 6.04 Å². The number of hydrogen-bond acceptors (Lipinski definition) is 4. The number of nitrogens with two attached hydrogens (primary N) is 1. The molecule has 0 aliphatic heterocycles. The Labute approximate surface area is 128 Å². The van der Waals surface area contributed by atoms with E-state index in [1.807, 2.05) is 18.2 Å². The summed E-state index contributed by atoms with van der Waals surface area (Å²) in [4.78, 5) is 4.37. The fraction of sp³-hybridized carbons (Fsp3) is 0.333. The van der Waals surface area contributed by atoms with E-state index in [1.54, 1.807) is 0 Å². The van der Waals surface area contributed by atoms with Gasteiger partial charge in [0.2, 0.25) is 0 Å². The highest BCUT2D eigenvalue weighted by Gasteiger charge is 2.16. The van der Waals surface area contributed by atoms with Gasteiger partial charge in [0.25, 0.3) is 5.89 Å². The van der Waals surface area contributed by atoms with Crippen molar-refractivity contribution in [1.29, 1.82) is 0 Å². The van der Waals surface area contributed by atoms with E-state index in [1.165, 1.54) is 0 Å². The van der Waals surface area contributed by atoms with E-state index < -0.39 is 0 Å². The quantitative estimate of drug-likeness (QED) is 0.760. The van der Waals surface area contributed by atoms with Crippen LogP contribution in [0.3, 0.4) is 0 Å². The van der Waals surface area contributed by atoms with Crippen LogP contribution < -0.4 is 5.73 Å². The predicted molar refractivity (Wildman–Crippen MR) is 82.0 cm³/mol. The maximum absolute atomic E-state index is 5.97. The Kier molecular flexibility index (Phi) is 4.74. The van der Waals surface area contributed by atoms with Gasteiger partial charge >= 0.3 is 0 Å². The van der Waals surface area contributed by atoms with Crippen molar-refractivity contribution < 1.29 is 4.52 Å². The normalized spacial score (nSPS) is 12.7. The minimum absolute atomic E-state index is 0.155. The van der Waals surface area contributed by atoms with Crippen molar-refractivity contribution in [3.63, 3.8) is 0 Å². The first-order valence-corrected chi connectivity index (χ1v) is 7.53. The lowest BCUT2D eigenvalue weighted by Crippen LogP contribution is -2.11. The largest absolute Gasteiger partial charge is 0.334 e. The van der Waals surface area contributed by atoms with Crippen LogP contribution >= 0.6 is 38.5 Å². The van der Waals surface area contributed by atoms with Gasteiger partial charge < -0.3 is 10.3 Å². The molecule has 0 saturated carbocycles. The number of benzene rings is 1. The molecule has 0 aliphatic rings. The summed E-state index contributed by atoms with van der Waals surface area (Å²) in [7, 11) is 0. The van der Waals surface area contributed by atoms with Gasteiger partial charge in [-0.25, -0.2) is 0 Å². The summed E-state index contributed by atoms with van der Waals surface area (Å²) in [6.45, 7) is 2.08. The Bertz CT molecular complexity index is 544. The van der Waals surface area contributed by atoms with Crippen molar-refractivity contribution in [3.05, 3.63) is 32.1 Å². The van der Waals surface area contributed by atoms with Gasteiger partial charge in [0.15, 0.2) is 5.82 Å². The Hall–Kier alpha value is -0.470. The maximum atomic E-state index is 5.97. The summed E-state index contributed by atoms with van der Waals surface area (Å²) in [6.07, 6.45) is 1.86. The van der Waals surface area contributed by atoms with Crippen LogP contribution in [0.1, 0.15) is 31.6 Å². The van der Waals surface area contributed by atoms with Gasteiger partial charge in [-0.05, 0) is 47.2 Å². The molecule has 1 heterocycles. The van der Waals surface area contributed by atoms with Gasteiger partial charge in [0.1, 0.15) is 0 Å². The monoisotopic (exact) mass is 421 g/mol. The van der Waals surface area contributed by atoms with Gasteiger partial charge in [0, 0.05) is 8.04 Å². The topological polar surface area (TPSA) is 64.9 Å². The lowest BCUT2D eigenvalue weighted by Gasteiger charge is -2.02. The zero-order valence-corrected chi connectivity index (χ0v) is 13.6. The Balaban J connectivity index is 2.32.